The van der Waals surface area contributed by atoms with Gasteiger partial charge in [-0.2, -0.15) is 0 Å². The fourth-order valence-corrected chi connectivity index (χ4v) is 7.14. The Morgan fingerprint density at radius 3 is 1.40 bits per heavy atom. The SMILES string of the molecule is CCCCCCCCCCCCCCCC/C=C/OCC(COP(=O)(O)OCC[N+](C)(C)C)OC(=O)CCCCCCCCCCCCCCCCC. The van der Waals surface area contributed by atoms with Crippen molar-refractivity contribution in [3.8, 4) is 0 Å². The summed E-state index contributed by atoms with van der Waals surface area (Å²) >= 11 is 0. The Labute approximate surface area is 329 Å². The summed E-state index contributed by atoms with van der Waals surface area (Å²) in [5.74, 6) is -0.331. The number of nitrogens with zero attached hydrogens (tertiary/aromatic N) is 1. The molecule has 53 heavy (non-hydrogen) atoms. The molecule has 0 amide bonds. The van der Waals surface area contributed by atoms with Crippen LogP contribution >= 0.6 is 7.82 Å². The van der Waals surface area contributed by atoms with Crippen LogP contribution in [0.5, 0.6) is 0 Å². The summed E-state index contributed by atoms with van der Waals surface area (Å²) in [6.07, 6.45) is 41.9. The van der Waals surface area contributed by atoms with Gasteiger partial charge in [0.2, 0.25) is 0 Å². The quantitative estimate of drug-likeness (QED) is 0.0217. The second-order valence-corrected chi connectivity index (χ2v) is 18.0. The van der Waals surface area contributed by atoms with Crippen LogP contribution in [-0.2, 0) is 27.9 Å². The zero-order valence-electron chi connectivity index (χ0n) is 35.8. The second-order valence-electron chi connectivity index (χ2n) is 16.5. The molecule has 0 spiro atoms. The molecule has 0 aromatic carbocycles. The van der Waals surface area contributed by atoms with Gasteiger partial charge in [-0.3, -0.25) is 13.8 Å². The van der Waals surface area contributed by atoms with Gasteiger partial charge < -0.3 is 18.9 Å². The van der Waals surface area contributed by atoms with Crippen molar-refractivity contribution in [3.63, 3.8) is 0 Å². The minimum atomic E-state index is -4.28. The maximum Gasteiger partial charge on any atom is 0.472 e. The van der Waals surface area contributed by atoms with E-state index in [1.54, 1.807) is 6.26 Å². The first-order valence-corrected chi connectivity index (χ1v) is 24.0. The van der Waals surface area contributed by atoms with Gasteiger partial charge in [-0.05, 0) is 25.3 Å². The van der Waals surface area contributed by atoms with Crippen molar-refractivity contribution in [1.29, 1.82) is 0 Å². The van der Waals surface area contributed by atoms with Crippen molar-refractivity contribution in [3.05, 3.63) is 12.3 Å². The minimum Gasteiger partial charge on any atom is -0.498 e. The lowest BCUT2D eigenvalue weighted by molar-refractivity contribution is -0.870. The average Bonchev–Trinajstić information content (AvgIpc) is 3.11. The van der Waals surface area contributed by atoms with Crippen LogP contribution in [0.4, 0.5) is 0 Å². The summed E-state index contributed by atoms with van der Waals surface area (Å²) in [4.78, 5) is 22.9. The molecule has 0 radical (unpaired) electrons. The molecule has 0 aromatic rings. The van der Waals surface area contributed by atoms with Gasteiger partial charge in [0.1, 0.15) is 19.8 Å². The molecule has 0 rings (SSSR count). The monoisotopic (exact) mass is 775 g/mol. The number of unbranched alkanes of at least 4 members (excludes halogenated alkanes) is 28. The van der Waals surface area contributed by atoms with E-state index >= 15 is 0 Å². The highest BCUT2D eigenvalue weighted by molar-refractivity contribution is 7.47. The largest absolute Gasteiger partial charge is 0.498 e. The first-order chi connectivity index (χ1) is 25.6. The van der Waals surface area contributed by atoms with E-state index in [4.69, 9.17) is 18.5 Å². The molecule has 0 saturated heterocycles. The van der Waals surface area contributed by atoms with Crippen molar-refractivity contribution in [2.75, 3.05) is 47.5 Å². The number of allylic oxidation sites excluding steroid dienone is 1. The van der Waals surface area contributed by atoms with E-state index in [0.29, 0.717) is 17.4 Å². The Bertz CT molecular complexity index is 863. The maximum atomic E-state index is 12.7. The van der Waals surface area contributed by atoms with Crippen LogP contribution in [0.1, 0.15) is 213 Å². The normalized spacial score (nSPS) is 13.8. The predicted molar refractivity (Wildman–Crippen MR) is 224 cm³/mol. The maximum absolute atomic E-state index is 12.7. The fourth-order valence-electron chi connectivity index (χ4n) is 6.40. The number of phosphoric acid groups is 1. The molecule has 2 unspecified atom stereocenters. The first kappa shape index (κ1) is 52.1. The van der Waals surface area contributed by atoms with E-state index in [1.807, 2.05) is 27.2 Å². The van der Waals surface area contributed by atoms with Crippen LogP contribution in [0.3, 0.4) is 0 Å². The smallest absolute Gasteiger partial charge is 0.472 e. The fraction of sp³-hybridized carbons (Fsp3) is 0.932. The molecule has 9 heteroatoms. The number of phosphoric ester groups is 1. The van der Waals surface area contributed by atoms with Crippen molar-refractivity contribution in [2.45, 2.75) is 219 Å². The third kappa shape index (κ3) is 42.1. The van der Waals surface area contributed by atoms with Gasteiger partial charge in [0, 0.05) is 6.42 Å². The Morgan fingerprint density at radius 2 is 0.981 bits per heavy atom. The first-order valence-electron chi connectivity index (χ1n) is 22.5. The lowest BCUT2D eigenvalue weighted by atomic mass is 10.0. The molecular formula is C44H89NO7P+. The van der Waals surface area contributed by atoms with Gasteiger partial charge in [-0.25, -0.2) is 4.57 Å². The number of quaternary nitrogens is 1. The molecule has 1 N–H and O–H groups in total. The number of hydrogen-bond acceptors (Lipinski definition) is 6. The highest BCUT2D eigenvalue weighted by atomic mass is 31.2. The average molecular weight is 775 g/mol. The van der Waals surface area contributed by atoms with Gasteiger partial charge in [-0.1, -0.05) is 187 Å². The van der Waals surface area contributed by atoms with Crippen molar-refractivity contribution < 1.29 is 37.3 Å². The molecule has 0 saturated carbocycles. The molecule has 2 atom stereocenters. The minimum absolute atomic E-state index is 0.0543. The van der Waals surface area contributed by atoms with E-state index in [2.05, 4.69) is 13.8 Å². The zero-order chi connectivity index (χ0) is 39.1. The van der Waals surface area contributed by atoms with Crippen LogP contribution in [0.15, 0.2) is 12.3 Å². The lowest BCUT2D eigenvalue weighted by Gasteiger charge is -2.24. The standard InChI is InChI=1S/C44H88NO7P/c1-6-8-10-12-14-16-18-20-22-24-26-28-30-32-34-36-39-49-41-43(42-51-53(47,48)50-40-38-45(3,4)5)52-44(46)37-35-33-31-29-27-25-23-21-19-17-15-13-11-9-7-2/h36,39,43H,6-35,37-38,40-42H2,1-5H3/p+1/b39-36+. The molecular weight excluding hydrogens is 685 g/mol. The van der Waals surface area contributed by atoms with Crippen molar-refractivity contribution in [2.24, 2.45) is 0 Å². The van der Waals surface area contributed by atoms with Gasteiger partial charge in [0.05, 0.1) is 34.0 Å². The molecule has 0 heterocycles. The van der Waals surface area contributed by atoms with Gasteiger partial charge in [-0.15, -0.1) is 0 Å². The Morgan fingerprint density at radius 1 is 0.585 bits per heavy atom. The summed E-state index contributed by atoms with van der Waals surface area (Å²) in [5.41, 5.74) is 0. The number of hydrogen-bond donors (Lipinski definition) is 1. The summed E-state index contributed by atoms with van der Waals surface area (Å²) < 4.78 is 34.8. The number of rotatable bonds is 42. The van der Waals surface area contributed by atoms with Crippen LogP contribution in [0.25, 0.3) is 0 Å². The van der Waals surface area contributed by atoms with Crippen LogP contribution in [0, 0.1) is 0 Å². The Balaban J connectivity index is 4.24. The number of ether oxygens (including phenoxy) is 2. The molecule has 8 nitrogen and oxygen atoms in total. The molecule has 0 aromatic heterocycles. The highest BCUT2D eigenvalue weighted by Gasteiger charge is 2.26. The van der Waals surface area contributed by atoms with E-state index in [0.717, 1.165) is 32.1 Å². The Hall–Kier alpha value is -0.920. The summed E-state index contributed by atoms with van der Waals surface area (Å²) in [5, 5.41) is 0. The summed E-state index contributed by atoms with van der Waals surface area (Å²) in [6.45, 7) is 4.97. The van der Waals surface area contributed by atoms with Crippen LogP contribution in [0.2, 0.25) is 0 Å². The van der Waals surface area contributed by atoms with E-state index < -0.39 is 13.9 Å². The van der Waals surface area contributed by atoms with E-state index in [1.165, 1.54) is 161 Å². The molecule has 0 aliphatic rings. The van der Waals surface area contributed by atoms with Gasteiger partial charge in [0.15, 0.2) is 6.10 Å². The number of carbonyl (C=O) groups excluding carboxylic acids is 1. The molecule has 0 fully saturated rings. The second kappa shape index (κ2) is 38.0. The highest BCUT2D eigenvalue weighted by Crippen LogP contribution is 2.43. The molecule has 0 aliphatic heterocycles. The van der Waals surface area contributed by atoms with Crippen LogP contribution in [-0.4, -0.2) is 69.0 Å². The molecule has 316 valence electrons. The number of carbonyl (C=O) groups is 1. The van der Waals surface area contributed by atoms with Gasteiger partial charge in [0.25, 0.3) is 0 Å². The lowest BCUT2D eigenvalue weighted by Crippen LogP contribution is -2.37. The summed E-state index contributed by atoms with van der Waals surface area (Å²) in [6, 6.07) is 0. The number of esters is 1. The van der Waals surface area contributed by atoms with Crippen molar-refractivity contribution in [1.82, 2.24) is 0 Å². The van der Waals surface area contributed by atoms with Gasteiger partial charge >= 0.3 is 13.8 Å². The van der Waals surface area contributed by atoms with Crippen molar-refractivity contribution >= 4 is 13.8 Å². The third-order valence-electron chi connectivity index (χ3n) is 9.92. The van der Waals surface area contributed by atoms with E-state index in [-0.39, 0.29) is 25.8 Å². The number of likely N-dealkylation sites (N-methyl/N-ethyl adjacent to an activating group) is 1. The predicted octanol–water partition coefficient (Wildman–Crippen LogP) is 13.4. The van der Waals surface area contributed by atoms with E-state index in [9.17, 15) is 14.3 Å². The molecule has 0 aliphatic carbocycles. The van der Waals surface area contributed by atoms with Crippen LogP contribution < -0.4 is 0 Å². The topological polar surface area (TPSA) is 91.3 Å². The Kier molecular flexibility index (Phi) is 37.3. The zero-order valence-corrected chi connectivity index (χ0v) is 36.7. The third-order valence-corrected chi connectivity index (χ3v) is 10.9. The molecule has 0 bridgehead atoms. The summed E-state index contributed by atoms with van der Waals surface area (Å²) in [7, 11) is 1.65.